The van der Waals surface area contributed by atoms with Crippen LogP contribution < -0.4 is 0 Å². The second-order valence-electron chi connectivity index (χ2n) is 10.2. The highest BCUT2D eigenvalue weighted by Gasteiger charge is 2.74. The minimum Gasteiger partial charge on any atom is -0.507 e. The van der Waals surface area contributed by atoms with Crippen molar-refractivity contribution < 1.29 is 35.1 Å². The lowest BCUT2D eigenvalue weighted by Crippen LogP contribution is -2.74. The monoisotopic (exact) mass is 452 g/mol. The van der Waals surface area contributed by atoms with Crippen LogP contribution in [0.1, 0.15) is 49.5 Å². The van der Waals surface area contributed by atoms with E-state index < -0.39 is 41.5 Å². The molecule has 3 aliphatic rings. The van der Waals surface area contributed by atoms with Crippen LogP contribution >= 0.6 is 11.6 Å². The summed E-state index contributed by atoms with van der Waals surface area (Å²) in [4.78, 5) is 12.9. The Labute approximate surface area is 185 Å². The van der Waals surface area contributed by atoms with E-state index in [9.17, 15) is 30.3 Å². The van der Waals surface area contributed by atoms with Crippen molar-refractivity contribution in [2.24, 2.45) is 22.7 Å². The summed E-state index contributed by atoms with van der Waals surface area (Å²) in [6.07, 6.45) is 1.24. The number of hydrogen-bond acceptors (Lipinski definition) is 7. The number of esters is 1. The van der Waals surface area contributed by atoms with Gasteiger partial charge in [-0.05, 0) is 42.2 Å². The van der Waals surface area contributed by atoms with Gasteiger partial charge in [0.25, 0.3) is 0 Å². The van der Waals surface area contributed by atoms with Gasteiger partial charge < -0.3 is 30.3 Å². The van der Waals surface area contributed by atoms with E-state index in [-0.39, 0.29) is 39.1 Å². The van der Waals surface area contributed by atoms with Crippen molar-refractivity contribution in [2.45, 2.75) is 58.3 Å². The number of benzene rings is 1. The fraction of sp³-hybridized carbons (Fsp3) is 0.609. The summed E-state index contributed by atoms with van der Waals surface area (Å²) in [5.41, 5.74) is -2.40. The van der Waals surface area contributed by atoms with Gasteiger partial charge in [-0.25, -0.2) is 4.79 Å². The highest BCUT2D eigenvalue weighted by Crippen LogP contribution is 2.68. The minimum atomic E-state index is -1.63. The van der Waals surface area contributed by atoms with E-state index in [1.54, 1.807) is 0 Å². The molecule has 6 atom stereocenters. The molecule has 0 saturated heterocycles. The molecule has 6 unspecified atom stereocenters. The van der Waals surface area contributed by atoms with E-state index in [4.69, 9.17) is 16.3 Å². The van der Waals surface area contributed by atoms with E-state index in [1.807, 2.05) is 26.8 Å². The Hall–Kier alpha value is -1.80. The maximum absolute atomic E-state index is 12.9. The summed E-state index contributed by atoms with van der Waals surface area (Å²) in [7, 11) is 0. The zero-order valence-electron chi connectivity index (χ0n) is 18.0. The fourth-order valence-electron chi connectivity index (χ4n) is 6.34. The molecule has 2 fully saturated rings. The van der Waals surface area contributed by atoms with Gasteiger partial charge in [-0.15, -0.1) is 0 Å². The van der Waals surface area contributed by atoms with Crippen molar-refractivity contribution in [3.63, 3.8) is 0 Å². The number of carbonyl (C=O) groups excluding carboxylic acids is 1. The molecule has 7 nitrogen and oxygen atoms in total. The Morgan fingerprint density at radius 1 is 1.23 bits per heavy atom. The predicted octanol–water partition coefficient (Wildman–Crippen LogP) is 2.68. The zero-order chi connectivity index (χ0) is 23.1. The van der Waals surface area contributed by atoms with E-state index in [0.29, 0.717) is 12.0 Å². The number of allylic oxidation sites excluding steroid dienone is 1. The van der Waals surface area contributed by atoms with Crippen LogP contribution in [0.15, 0.2) is 17.7 Å². The van der Waals surface area contributed by atoms with Crippen LogP contribution in [0.25, 0.3) is 0 Å². The van der Waals surface area contributed by atoms with Crippen LogP contribution in [-0.4, -0.2) is 55.9 Å². The zero-order valence-corrected chi connectivity index (χ0v) is 18.8. The van der Waals surface area contributed by atoms with Crippen LogP contribution in [0.3, 0.4) is 0 Å². The molecular weight excluding hydrogens is 424 g/mol. The van der Waals surface area contributed by atoms with Crippen molar-refractivity contribution in [3.8, 4) is 11.5 Å². The Kier molecular flexibility index (Phi) is 4.95. The standard InChI is InChI=1S/C23H29ClO7/c1-10-16(13(26)6-14(27)18(10)24)20(29)31-15-8-22(4)17-11(7-21(2,3)19(17)28)5-12(9-25)23(15,22)30/h5-6,11,15,17,19,25-28,30H,7-9H2,1-4H3. The fourth-order valence-corrected chi connectivity index (χ4v) is 6.49. The summed E-state index contributed by atoms with van der Waals surface area (Å²) < 4.78 is 5.61. The van der Waals surface area contributed by atoms with Crippen molar-refractivity contribution in [1.82, 2.24) is 0 Å². The maximum Gasteiger partial charge on any atom is 0.342 e. The lowest BCUT2D eigenvalue weighted by Gasteiger charge is -2.65. The lowest BCUT2D eigenvalue weighted by atomic mass is 9.43. The first-order valence-electron chi connectivity index (χ1n) is 10.4. The van der Waals surface area contributed by atoms with Gasteiger partial charge in [0.15, 0.2) is 0 Å². The second kappa shape index (κ2) is 6.85. The summed E-state index contributed by atoms with van der Waals surface area (Å²) in [5, 5.41) is 52.6. The number of phenols is 2. The first-order valence-corrected chi connectivity index (χ1v) is 10.8. The molecule has 31 heavy (non-hydrogen) atoms. The second-order valence-corrected chi connectivity index (χ2v) is 10.6. The van der Waals surface area contributed by atoms with Crippen LogP contribution in [0, 0.1) is 29.6 Å². The highest BCUT2D eigenvalue weighted by molar-refractivity contribution is 6.33. The molecule has 8 heteroatoms. The number of carbonyl (C=O) groups is 1. The van der Waals surface area contributed by atoms with E-state index in [0.717, 1.165) is 12.5 Å². The molecule has 0 aromatic heterocycles. The molecule has 4 rings (SSSR count). The number of phenolic OH excluding ortho intramolecular Hbond substituents is 2. The largest absolute Gasteiger partial charge is 0.507 e. The Morgan fingerprint density at radius 3 is 2.48 bits per heavy atom. The molecule has 2 saturated carbocycles. The molecule has 0 bridgehead atoms. The highest BCUT2D eigenvalue weighted by atomic mass is 35.5. The number of fused-ring (bicyclic) bond motifs is 3. The Bertz CT molecular complexity index is 987. The third kappa shape index (κ3) is 2.80. The number of ether oxygens (including phenoxy) is 1. The van der Waals surface area contributed by atoms with Gasteiger partial charge in [0.1, 0.15) is 28.8 Å². The van der Waals surface area contributed by atoms with Gasteiger partial charge >= 0.3 is 5.97 Å². The number of aliphatic hydroxyl groups is 3. The summed E-state index contributed by atoms with van der Waals surface area (Å²) in [5.74, 6) is -1.95. The molecule has 0 heterocycles. The van der Waals surface area contributed by atoms with E-state index >= 15 is 0 Å². The number of aliphatic hydroxyl groups excluding tert-OH is 2. The van der Waals surface area contributed by atoms with Gasteiger partial charge in [0.2, 0.25) is 0 Å². The molecule has 1 aromatic rings. The molecule has 0 aliphatic heterocycles. The number of rotatable bonds is 3. The van der Waals surface area contributed by atoms with Gasteiger partial charge in [-0.1, -0.05) is 38.4 Å². The Morgan fingerprint density at radius 2 is 1.87 bits per heavy atom. The van der Waals surface area contributed by atoms with Crippen molar-refractivity contribution >= 4 is 17.6 Å². The van der Waals surface area contributed by atoms with Gasteiger partial charge in [0, 0.05) is 17.4 Å². The number of aromatic hydroxyl groups is 2. The van der Waals surface area contributed by atoms with Crippen molar-refractivity contribution in [2.75, 3.05) is 6.61 Å². The van der Waals surface area contributed by atoms with Crippen LogP contribution in [0.4, 0.5) is 0 Å². The first kappa shape index (κ1) is 22.4. The number of halogens is 1. The van der Waals surface area contributed by atoms with Gasteiger partial charge in [-0.3, -0.25) is 0 Å². The van der Waals surface area contributed by atoms with Crippen molar-refractivity contribution in [3.05, 3.63) is 33.9 Å². The molecule has 1 aromatic carbocycles. The lowest BCUT2D eigenvalue weighted by molar-refractivity contribution is -0.260. The third-order valence-electron chi connectivity index (χ3n) is 8.03. The molecule has 3 aliphatic carbocycles. The van der Waals surface area contributed by atoms with Crippen LogP contribution in [0.2, 0.25) is 5.02 Å². The quantitative estimate of drug-likeness (QED) is 0.352. The molecule has 0 amide bonds. The summed E-state index contributed by atoms with van der Waals surface area (Å²) >= 11 is 6.00. The van der Waals surface area contributed by atoms with Crippen LogP contribution in [-0.2, 0) is 4.74 Å². The average Bonchev–Trinajstić information content (AvgIpc) is 2.91. The predicted molar refractivity (Wildman–Crippen MR) is 113 cm³/mol. The normalized spacial score (nSPS) is 38.0. The van der Waals surface area contributed by atoms with Crippen LogP contribution in [0.5, 0.6) is 11.5 Å². The van der Waals surface area contributed by atoms with Gasteiger partial charge in [-0.2, -0.15) is 0 Å². The van der Waals surface area contributed by atoms with Crippen molar-refractivity contribution in [1.29, 1.82) is 0 Å². The summed E-state index contributed by atoms with van der Waals surface area (Å²) in [6.45, 7) is 6.92. The van der Waals surface area contributed by atoms with E-state index in [1.165, 1.54) is 6.92 Å². The molecular formula is C23H29ClO7. The minimum absolute atomic E-state index is 0.0104. The average molecular weight is 453 g/mol. The number of hydrogen-bond donors (Lipinski definition) is 5. The molecule has 170 valence electrons. The topological polar surface area (TPSA) is 127 Å². The molecule has 0 radical (unpaired) electrons. The summed E-state index contributed by atoms with van der Waals surface area (Å²) in [6, 6.07) is 0.965. The van der Waals surface area contributed by atoms with E-state index in [2.05, 4.69) is 0 Å². The Balaban J connectivity index is 1.68. The molecule has 5 N–H and O–H groups in total. The third-order valence-corrected chi connectivity index (χ3v) is 8.51. The SMILES string of the molecule is Cc1c(Cl)c(O)cc(O)c1C(=O)OC1CC2(C)C3C(C=C(CO)C12O)CC(C)(C)C3O. The smallest absolute Gasteiger partial charge is 0.342 e. The maximum atomic E-state index is 12.9. The molecule has 0 spiro atoms. The first-order chi connectivity index (χ1) is 14.3. The van der Waals surface area contributed by atoms with Gasteiger partial charge in [0.05, 0.1) is 17.7 Å².